The highest BCUT2D eigenvalue weighted by molar-refractivity contribution is 5.94. The van der Waals surface area contributed by atoms with Gasteiger partial charge in [0.05, 0.1) is 13.0 Å². The monoisotopic (exact) mass is 446 g/mol. The molecule has 32 heavy (non-hydrogen) atoms. The van der Waals surface area contributed by atoms with Gasteiger partial charge in [0.1, 0.15) is 0 Å². The molecule has 2 amide bonds. The maximum absolute atomic E-state index is 12.8. The van der Waals surface area contributed by atoms with E-state index in [1.807, 2.05) is 31.2 Å². The molecule has 0 saturated carbocycles. The number of methoxy groups -OCH3 is 1. The van der Waals surface area contributed by atoms with Crippen molar-refractivity contribution in [2.24, 2.45) is 5.92 Å². The van der Waals surface area contributed by atoms with Gasteiger partial charge in [0.2, 0.25) is 5.91 Å². The van der Waals surface area contributed by atoms with Crippen LogP contribution in [0, 0.1) is 12.8 Å². The number of rotatable bonds is 8. The fourth-order valence-corrected chi connectivity index (χ4v) is 3.79. The van der Waals surface area contributed by atoms with Crippen LogP contribution >= 0.6 is 0 Å². The Kier molecular flexibility index (Phi) is 8.03. The molecule has 1 fully saturated rings. The topological polar surface area (TPSA) is 67.9 Å². The van der Waals surface area contributed by atoms with Gasteiger partial charge in [0.15, 0.2) is 11.5 Å². The van der Waals surface area contributed by atoms with Crippen LogP contribution in [0.5, 0.6) is 11.5 Å². The number of hydrogen-bond acceptors (Lipinski definition) is 4. The molecule has 0 radical (unpaired) electrons. The Labute approximate surface area is 186 Å². The Morgan fingerprint density at radius 3 is 2.59 bits per heavy atom. The zero-order valence-electron chi connectivity index (χ0n) is 18.3. The Hall–Kier alpha value is -3.16. The second-order valence-electron chi connectivity index (χ2n) is 7.86. The summed E-state index contributed by atoms with van der Waals surface area (Å²) >= 11 is 0. The number of amides is 2. The van der Waals surface area contributed by atoms with Crippen molar-refractivity contribution in [3.63, 3.8) is 0 Å². The average molecular weight is 446 g/mol. The number of halogens is 2. The van der Waals surface area contributed by atoms with Crippen molar-refractivity contribution in [1.29, 1.82) is 0 Å². The van der Waals surface area contributed by atoms with E-state index >= 15 is 0 Å². The minimum absolute atomic E-state index is 0.0381. The summed E-state index contributed by atoms with van der Waals surface area (Å²) in [5.41, 5.74) is 2.45. The number of aryl methyl sites for hydroxylation is 1. The van der Waals surface area contributed by atoms with Crippen molar-refractivity contribution in [1.82, 2.24) is 10.2 Å². The van der Waals surface area contributed by atoms with Crippen molar-refractivity contribution < 1.29 is 27.8 Å². The van der Waals surface area contributed by atoms with Gasteiger partial charge in [-0.15, -0.1) is 0 Å². The molecular weight excluding hydrogens is 418 g/mol. The molecule has 8 heteroatoms. The predicted octanol–water partition coefficient (Wildman–Crippen LogP) is 3.82. The van der Waals surface area contributed by atoms with E-state index in [4.69, 9.17) is 4.74 Å². The minimum atomic E-state index is -2.95. The van der Waals surface area contributed by atoms with Crippen molar-refractivity contribution >= 4 is 11.8 Å². The van der Waals surface area contributed by atoms with Gasteiger partial charge in [-0.25, -0.2) is 0 Å². The summed E-state index contributed by atoms with van der Waals surface area (Å²) in [5.74, 6) is -0.259. The van der Waals surface area contributed by atoms with Crippen LogP contribution in [0.25, 0.3) is 0 Å². The average Bonchev–Trinajstić information content (AvgIpc) is 2.79. The third-order valence-corrected chi connectivity index (χ3v) is 5.53. The largest absolute Gasteiger partial charge is 0.493 e. The number of hydrogen-bond donors (Lipinski definition) is 1. The van der Waals surface area contributed by atoms with E-state index in [0.717, 1.165) is 24.0 Å². The Morgan fingerprint density at radius 2 is 1.91 bits per heavy atom. The maximum Gasteiger partial charge on any atom is 0.387 e. The highest BCUT2D eigenvalue weighted by Gasteiger charge is 2.28. The first-order valence-electron chi connectivity index (χ1n) is 10.6. The third-order valence-electron chi connectivity index (χ3n) is 5.53. The molecule has 2 aromatic carbocycles. The minimum Gasteiger partial charge on any atom is -0.493 e. The number of likely N-dealkylation sites (tertiary alicyclic amines) is 1. The number of carbonyl (C=O) groups excluding carboxylic acids is 2. The molecular formula is C24H28F2N2O4. The number of benzene rings is 2. The molecule has 0 aromatic heterocycles. The van der Waals surface area contributed by atoms with E-state index in [-0.39, 0.29) is 29.2 Å². The second kappa shape index (κ2) is 10.9. The van der Waals surface area contributed by atoms with Crippen molar-refractivity contribution in [3.05, 3.63) is 59.2 Å². The summed E-state index contributed by atoms with van der Waals surface area (Å²) in [6.07, 6.45) is 1.94. The molecule has 1 heterocycles. The summed E-state index contributed by atoms with van der Waals surface area (Å²) in [6.45, 7) is 0.383. The van der Waals surface area contributed by atoms with Crippen molar-refractivity contribution in [3.8, 4) is 11.5 Å². The molecule has 0 bridgehead atoms. The molecule has 6 nitrogen and oxygen atoms in total. The Bertz CT molecular complexity index is 934. The highest BCUT2D eigenvalue weighted by Crippen LogP contribution is 2.29. The van der Waals surface area contributed by atoms with Crippen LogP contribution in [0.4, 0.5) is 8.78 Å². The van der Waals surface area contributed by atoms with Gasteiger partial charge in [0.25, 0.3) is 5.91 Å². The maximum atomic E-state index is 12.8. The van der Waals surface area contributed by atoms with Gasteiger partial charge >= 0.3 is 6.61 Å². The second-order valence-corrected chi connectivity index (χ2v) is 7.86. The predicted molar refractivity (Wildman–Crippen MR) is 116 cm³/mol. The number of piperidine rings is 1. The summed E-state index contributed by atoms with van der Waals surface area (Å²) in [6, 6.07) is 12.2. The lowest BCUT2D eigenvalue weighted by Gasteiger charge is -2.32. The fourth-order valence-electron chi connectivity index (χ4n) is 3.79. The highest BCUT2D eigenvalue weighted by atomic mass is 19.3. The number of nitrogens with one attached hydrogen (secondary N) is 1. The molecule has 0 aliphatic carbocycles. The number of alkyl halides is 2. The molecule has 172 valence electrons. The van der Waals surface area contributed by atoms with Crippen LogP contribution in [-0.2, 0) is 11.2 Å². The first-order valence-corrected chi connectivity index (χ1v) is 10.6. The van der Waals surface area contributed by atoms with E-state index in [0.29, 0.717) is 31.6 Å². The summed E-state index contributed by atoms with van der Waals surface area (Å²) in [7, 11) is 1.38. The van der Waals surface area contributed by atoms with Crippen LogP contribution in [-0.4, -0.2) is 50.1 Å². The molecule has 1 saturated heterocycles. The number of carbonyl (C=O) groups is 2. The summed E-state index contributed by atoms with van der Waals surface area (Å²) in [4.78, 5) is 27.1. The summed E-state index contributed by atoms with van der Waals surface area (Å²) < 4.78 is 34.7. The van der Waals surface area contributed by atoms with Gasteiger partial charge in [-0.2, -0.15) is 8.78 Å². The summed E-state index contributed by atoms with van der Waals surface area (Å²) in [5, 5.41) is 2.90. The molecule has 1 unspecified atom stereocenters. The van der Waals surface area contributed by atoms with Crippen molar-refractivity contribution in [2.45, 2.75) is 32.8 Å². The van der Waals surface area contributed by atoms with E-state index in [1.54, 1.807) is 17.0 Å². The molecule has 1 atom stereocenters. The van der Waals surface area contributed by atoms with Crippen LogP contribution in [0.1, 0.15) is 34.3 Å². The normalized spacial score (nSPS) is 16.0. The quantitative estimate of drug-likeness (QED) is 0.670. The first-order chi connectivity index (χ1) is 15.4. The molecule has 1 N–H and O–H groups in total. The SMILES string of the molecule is COc1ccc(CCNC(=O)C2CCCN(C(=O)c3ccc(C)cc3)C2)cc1OC(F)F. The van der Waals surface area contributed by atoms with Crippen LogP contribution < -0.4 is 14.8 Å². The molecule has 2 aromatic rings. The zero-order valence-corrected chi connectivity index (χ0v) is 18.3. The smallest absolute Gasteiger partial charge is 0.387 e. The van der Waals surface area contributed by atoms with Gasteiger partial charge in [-0.1, -0.05) is 23.8 Å². The Morgan fingerprint density at radius 1 is 1.16 bits per heavy atom. The first kappa shape index (κ1) is 23.5. The van der Waals surface area contributed by atoms with E-state index < -0.39 is 6.61 Å². The molecule has 0 spiro atoms. The van der Waals surface area contributed by atoms with E-state index in [1.165, 1.54) is 13.2 Å². The lowest BCUT2D eigenvalue weighted by molar-refractivity contribution is -0.126. The van der Waals surface area contributed by atoms with Crippen LogP contribution in [0.2, 0.25) is 0 Å². The zero-order chi connectivity index (χ0) is 23.1. The Balaban J connectivity index is 1.52. The molecule has 3 rings (SSSR count). The molecule has 1 aliphatic heterocycles. The van der Waals surface area contributed by atoms with Gasteiger partial charge in [0, 0.05) is 25.2 Å². The lowest BCUT2D eigenvalue weighted by Crippen LogP contribution is -2.45. The third kappa shape index (κ3) is 6.18. The van der Waals surface area contributed by atoms with Gasteiger partial charge in [-0.3, -0.25) is 9.59 Å². The van der Waals surface area contributed by atoms with Crippen molar-refractivity contribution in [2.75, 3.05) is 26.7 Å². The fraction of sp³-hybridized carbons (Fsp3) is 0.417. The standard InChI is InChI=1S/C24H28F2N2O4/c1-16-5-8-18(9-6-16)23(30)28-13-3-4-19(15-28)22(29)27-12-11-17-7-10-20(31-2)21(14-17)32-24(25)26/h5-10,14,19,24H,3-4,11-13,15H2,1-2H3,(H,27,29). The van der Waals surface area contributed by atoms with Gasteiger partial charge in [-0.05, 0) is 56.0 Å². The van der Waals surface area contributed by atoms with E-state index in [9.17, 15) is 18.4 Å². The number of nitrogens with zero attached hydrogens (tertiary/aromatic N) is 1. The lowest BCUT2D eigenvalue weighted by atomic mass is 9.96. The van der Waals surface area contributed by atoms with E-state index in [2.05, 4.69) is 10.1 Å². The van der Waals surface area contributed by atoms with Gasteiger partial charge < -0.3 is 19.7 Å². The number of ether oxygens (including phenoxy) is 2. The van der Waals surface area contributed by atoms with Crippen LogP contribution in [0.15, 0.2) is 42.5 Å². The van der Waals surface area contributed by atoms with Crippen LogP contribution in [0.3, 0.4) is 0 Å². The molecule has 1 aliphatic rings.